The molecule has 5 heteroatoms. The van der Waals surface area contributed by atoms with E-state index >= 15 is 0 Å². The summed E-state index contributed by atoms with van der Waals surface area (Å²) in [4.78, 5) is 15.5. The largest absolute Gasteiger partial charge is 0.488 e. The van der Waals surface area contributed by atoms with Crippen LogP contribution in [0.3, 0.4) is 0 Å². The Morgan fingerprint density at radius 3 is 3.33 bits per heavy atom. The van der Waals surface area contributed by atoms with Crippen LogP contribution in [0, 0.1) is 0 Å². The highest BCUT2D eigenvalue weighted by atomic mass is 16.5. The lowest BCUT2D eigenvalue weighted by molar-refractivity contribution is 0.0519. The Bertz CT molecular complexity index is 379. The van der Waals surface area contributed by atoms with Crippen LogP contribution in [0.5, 0.6) is 5.75 Å². The summed E-state index contributed by atoms with van der Waals surface area (Å²) in [5.41, 5.74) is 0.300. The van der Waals surface area contributed by atoms with Crippen molar-refractivity contribution in [1.29, 1.82) is 0 Å². The number of rotatable bonds is 2. The number of carbonyl (C=O) groups is 1. The molecule has 0 aliphatic carbocycles. The number of aromatic nitrogens is 1. The average molecular weight is 208 g/mol. The van der Waals surface area contributed by atoms with Crippen molar-refractivity contribution < 1.29 is 14.3 Å². The van der Waals surface area contributed by atoms with Gasteiger partial charge in [0.2, 0.25) is 0 Å². The van der Waals surface area contributed by atoms with E-state index in [1.165, 1.54) is 0 Å². The van der Waals surface area contributed by atoms with Crippen molar-refractivity contribution in [2.45, 2.75) is 6.92 Å². The molecule has 15 heavy (non-hydrogen) atoms. The predicted octanol–water partition coefficient (Wildman–Crippen LogP) is 1.06. The van der Waals surface area contributed by atoms with E-state index < -0.39 is 5.97 Å². The lowest BCUT2D eigenvalue weighted by Gasteiger charge is -2.18. The van der Waals surface area contributed by atoms with Gasteiger partial charge in [-0.1, -0.05) is 0 Å². The molecule has 0 fully saturated rings. The minimum absolute atomic E-state index is 0.300. The van der Waals surface area contributed by atoms with Crippen molar-refractivity contribution >= 4 is 11.8 Å². The van der Waals surface area contributed by atoms with Crippen LogP contribution in [0.1, 0.15) is 17.4 Å². The highest BCUT2D eigenvalue weighted by Gasteiger charge is 2.15. The van der Waals surface area contributed by atoms with Crippen molar-refractivity contribution in [3.8, 4) is 5.75 Å². The fraction of sp³-hybridized carbons (Fsp3) is 0.400. The maximum Gasteiger partial charge on any atom is 0.357 e. The van der Waals surface area contributed by atoms with Gasteiger partial charge in [-0.05, 0) is 19.1 Å². The number of nitrogens with zero attached hydrogens (tertiary/aromatic N) is 1. The number of hydrogen-bond donors (Lipinski definition) is 1. The van der Waals surface area contributed by atoms with E-state index in [1.54, 1.807) is 19.1 Å². The maximum absolute atomic E-state index is 11.4. The van der Waals surface area contributed by atoms with Crippen molar-refractivity contribution in [1.82, 2.24) is 4.98 Å². The topological polar surface area (TPSA) is 60.5 Å². The number of nitrogens with one attached hydrogen (secondary N) is 1. The number of carbonyl (C=O) groups excluding carboxylic acids is 1. The van der Waals surface area contributed by atoms with Crippen LogP contribution in [0.4, 0.5) is 5.82 Å². The second-order valence-corrected chi connectivity index (χ2v) is 3.04. The summed E-state index contributed by atoms with van der Waals surface area (Å²) in [7, 11) is 0. The van der Waals surface area contributed by atoms with E-state index in [9.17, 15) is 4.79 Å². The van der Waals surface area contributed by atoms with E-state index in [0.717, 1.165) is 0 Å². The van der Waals surface area contributed by atoms with Gasteiger partial charge in [0, 0.05) is 0 Å². The predicted molar refractivity (Wildman–Crippen MR) is 54.2 cm³/mol. The van der Waals surface area contributed by atoms with Crippen LogP contribution in [0.25, 0.3) is 0 Å². The van der Waals surface area contributed by atoms with Crippen molar-refractivity contribution in [2.75, 3.05) is 25.1 Å². The maximum atomic E-state index is 11.4. The van der Waals surface area contributed by atoms with E-state index in [4.69, 9.17) is 9.47 Å². The van der Waals surface area contributed by atoms with E-state index in [0.29, 0.717) is 37.0 Å². The smallest absolute Gasteiger partial charge is 0.357 e. The van der Waals surface area contributed by atoms with Crippen LogP contribution < -0.4 is 10.1 Å². The first-order chi connectivity index (χ1) is 7.31. The molecule has 0 saturated heterocycles. The molecule has 0 aromatic carbocycles. The summed E-state index contributed by atoms with van der Waals surface area (Å²) >= 11 is 0. The van der Waals surface area contributed by atoms with Gasteiger partial charge in [-0.15, -0.1) is 0 Å². The monoisotopic (exact) mass is 208 g/mol. The van der Waals surface area contributed by atoms with Gasteiger partial charge in [0.1, 0.15) is 6.61 Å². The van der Waals surface area contributed by atoms with Crippen LogP contribution in [0.15, 0.2) is 12.1 Å². The van der Waals surface area contributed by atoms with Crippen LogP contribution in [0.2, 0.25) is 0 Å². The third kappa shape index (κ3) is 2.01. The third-order valence-corrected chi connectivity index (χ3v) is 1.99. The first kappa shape index (κ1) is 9.76. The highest BCUT2D eigenvalue weighted by molar-refractivity contribution is 5.88. The molecular formula is C10H12N2O3. The SMILES string of the molecule is CCOC(=O)c1ccc2c(n1)NCCO2. The molecule has 2 heterocycles. The second-order valence-electron chi connectivity index (χ2n) is 3.04. The van der Waals surface area contributed by atoms with Gasteiger partial charge in [-0.25, -0.2) is 9.78 Å². The van der Waals surface area contributed by atoms with E-state index in [2.05, 4.69) is 10.3 Å². The molecule has 0 amide bonds. The fourth-order valence-corrected chi connectivity index (χ4v) is 1.34. The second kappa shape index (κ2) is 4.16. The Hall–Kier alpha value is -1.78. The minimum atomic E-state index is -0.410. The van der Waals surface area contributed by atoms with E-state index in [1.807, 2.05) is 0 Å². The van der Waals surface area contributed by atoms with Gasteiger partial charge in [0.15, 0.2) is 17.3 Å². The lowest BCUT2D eigenvalue weighted by atomic mass is 10.3. The van der Waals surface area contributed by atoms with Gasteiger partial charge < -0.3 is 14.8 Å². The summed E-state index contributed by atoms with van der Waals surface area (Å²) in [5, 5.41) is 3.06. The molecular weight excluding hydrogens is 196 g/mol. The molecule has 1 aliphatic rings. The van der Waals surface area contributed by atoms with Gasteiger partial charge in [-0.2, -0.15) is 0 Å². The van der Waals surface area contributed by atoms with Crippen LogP contribution in [-0.2, 0) is 4.74 Å². The summed E-state index contributed by atoms with van der Waals surface area (Å²) < 4.78 is 10.2. The first-order valence-corrected chi connectivity index (χ1v) is 4.86. The quantitative estimate of drug-likeness (QED) is 0.736. The molecule has 0 bridgehead atoms. The van der Waals surface area contributed by atoms with Gasteiger partial charge in [-0.3, -0.25) is 0 Å². The molecule has 0 unspecified atom stereocenters. The summed E-state index contributed by atoms with van der Waals surface area (Å²) in [6.07, 6.45) is 0. The molecule has 0 atom stereocenters. The molecule has 0 spiro atoms. The summed E-state index contributed by atoms with van der Waals surface area (Å²) in [5.74, 6) is 0.869. The number of pyridine rings is 1. The molecule has 1 aromatic rings. The third-order valence-electron chi connectivity index (χ3n) is 1.99. The number of fused-ring (bicyclic) bond motifs is 1. The zero-order valence-corrected chi connectivity index (χ0v) is 8.45. The Balaban J connectivity index is 2.24. The van der Waals surface area contributed by atoms with Crippen molar-refractivity contribution in [3.05, 3.63) is 17.8 Å². The molecule has 2 rings (SSSR count). The Morgan fingerprint density at radius 1 is 1.67 bits per heavy atom. The van der Waals surface area contributed by atoms with E-state index in [-0.39, 0.29) is 0 Å². The molecule has 1 aliphatic heterocycles. The molecule has 1 N–H and O–H groups in total. The minimum Gasteiger partial charge on any atom is -0.488 e. The first-order valence-electron chi connectivity index (χ1n) is 4.86. The van der Waals surface area contributed by atoms with Gasteiger partial charge in [0.25, 0.3) is 0 Å². The highest BCUT2D eigenvalue weighted by Crippen LogP contribution is 2.24. The Morgan fingerprint density at radius 2 is 2.53 bits per heavy atom. The summed E-state index contributed by atoms with van der Waals surface area (Å²) in [6.45, 7) is 3.43. The van der Waals surface area contributed by atoms with Crippen LogP contribution in [-0.4, -0.2) is 30.7 Å². The van der Waals surface area contributed by atoms with Gasteiger partial charge in [0.05, 0.1) is 13.2 Å². The number of esters is 1. The van der Waals surface area contributed by atoms with Crippen LogP contribution >= 0.6 is 0 Å². The molecule has 80 valence electrons. The molecule has 5 nitrogen and oxygen atoms in total. The van der Waals surface area contributed by atoms with Crippen molar-refractivity contribution in [2.24, 2.45) is 0 Å². The number of ether oxygens (including phenoxy) is 2. The molecule has 1 aromatic heterocycles. The lowest BCUT2D eigenvalue weighted by Crippen LogP contribution is -2.20. The zero-order valence-electron chi connectivity index (χ0n) is 8.45. The molecule has 0 radical (unpaired) electrons. The Kier molecular flexibility index (Phi) is 2.71. The number of hydrogen-bond acceptors (Lipinski definition) is 5. The molecule has 0 saturated carbocycles. The summed E-state index contributed by atoms with van der Waals surface area (Å²) in [6, 6.07) is 3.32. The average Bonchev–Trinajstić information content (AvgIpc) is 2.29. The van der Waals surface area contributed by atoms with Crippen molar-refractivity contribution in [3.63, 3.8) is 0 Å². The zero-order chi connectivity index (χ0) is 10.7. The van der Waals surface area contributed by atoms with Gasteiger partial charge >= 0.3 is 5.97 Å². The normalized spacial score (nSPS) is 13.4. The Labute approximate surface area is 87.4 Å². The number of anilines is 1. The fourth-order valence-electron chi connectivity index (χ4n) is 1.34. The standard InChI is InChI=1S/C10H12N2O3/c1-2-14-10(13)7-3-4-8-9(12-7)11-5-6-15-8/h3-4H,2,5-6H2,1H3,(H,11,12).